The molecule has 0 saturated heterocycles. The molecule has 0 bridgehead atoms. The number of amides is 1. The second-order valence-electron chi connectivity index (χ2n) is 10.0. The van der Waals surface area contributed by atoms with Crippen LogP contribution in [0, 0.1) is 24.7 Å². The molecule has 1 aromatic carbocycles. The van der Waals surface area contributed by atoms with Gasteiger partial charge in [-0.3, -0.25) is 14.5 Å². The molecular weight excluding hydrogens is 448 g/mol. The largest absolute Gasteiger partial charge is 0.493 e. The fourth-order valence-electron chi connectivity index (χ4n) is 6.75. The van der Waals surface area contributed by atoms with Crippen LogP contribution < -0.4 is 14.4 Å². The minimum Gasteiger partial charge on any atom is -0.493 e. The standard InChI is InChI=1S/C27H30N2O6/c1-14-13-20(28-35-14)29-22(17-9-6-10-19(32-2)25(17)33-3)21-23(30)18-12-11-15-7-4-5-8-16(15)24(18)34-26(21)27(29)31/h6,9-10,13,15-16,18,22,24H,4-5,7-8,11-12H2,1-3H3. The number of hydrogen-bond donors (Lipinski definition) is 0. The van der Waals surface area contributed by atoms with Gasteiger partial charge in [-0.05, 0) is 44.1 Å². The van der Waals surface area contributed by atoms with Gasteiger partial charge in [0.15, 0.2) is 28.9 Å². The Bertz CT molecular complexity index is 1220. The first-order valence-corrected chi connectivity index (χ1v) is 12.5. The van der Waals surface area contributed by atoms with Crippen molar-refractivity contribution in [3.63, 3.8) is 0 Å². The molecule has 3 heterocycles. The second kappa shape index (κ2) is 8.43. The predicted molar refractivity (Wildman–Crippen MR) is 126 cm³/mol. The summed E-state index contributed by atoms with van der Waals surface area (Å²) in [7, 11) is 3.12. The Balaban J connectivity index is 1.50. The summed E-state index contributed by atoms with van der Waals surface area (Å²) in [6.45, 7) is 1.77. The van der Waals surface area contributed by atoms with Crippen molar-refractivity contribution in [3.8, 4) is 11.5 Å². The normalized spacial score (nSPS) is 29.9. The maximum atomic E-state index is 14.1. The molecule has 2 aliphatic carbocycles. The number of hydrogen-bond acceptors (Lipinski definition) is 7. The number of ether oxygens (including phenoxy) is 3. The minimum atomic E-state index is -0.746. The van der Waals surface area contributed by atoms with Gasteiger partial charge in [0.1, 0.15) is 17.9 Å². The number of fused-ring (bicyclic) bond motifs is 3. The molecule has 2 aliphatic heterocycles. The summed E-state index contributed by atoms with van der Waals surface area (Å²) in [4.78, 5) is 29.6. The average molecular weight is 479 g/mol. The quantitative estimate of drug-likeness (QED) is 0.638. The molecule has 0 spiro atoms. The number of aromatic nitrogens is 1. The Morgan fingerprint density at radius 2 is 1.89 bits per heavy atom. The van der Waals surface area contributed by atoms with Gasteiger partial charge < -0.3 is 18.7 Å². The van der Waals surface area contributed by atoms with E-state index < -0.39 is 6.04 Å². The van der Waals surface area contributed by atoms with Gasteiger partial charge in [-0.25, -0.2) is 0 Å². The summed E-state index contributed by atoms with van der Waals surface area (Å²) >= 11 is 0. The number of carbonyl (C=O) groups is 2. The van der Waals surface area contributed by atoms with E-state index in [1.807, 2.05) is 12.1 Å². The number of para-hydroxylation sites is 1. The van der Waals surface area contributed by atoms with Crippen molar-refractivity contribution in [3.05, 3.63) is 46.9 Å². The van der Waals surface area contributed by atoms with Gasteiger partial charge in [0, 0.05) is 11.6 Å². The number of Topliss-reactive ketones (excluding diaryl/α,β-unsaturated/α-hetero) is 1. The molecule has 0 radical (unpaired) electrons. The van der Waals surface area contributed by atoms with Gasteiger partial charge in [-0.15, -0.1) is 0 Å². The van der Waals surface area contributed by atoms with Gasteiger partial charge in [-0.1, -0.05) is 36.6 Å². The molecule has 5 unspecified atom stereocenters. The van der Waals surface area contributed by atoms with E-state index >= 15 is 0 Å². The van der Waals surface area contributed by atoms with Crippen LogP contribution in [0.1, 0.15) is 55.9 Å². The molecule has 184 valence electrons. The van der Waals surface area contributed by atoms with Gasteiger partial charge >= 0.3 is 0 Å². The third kappa shape index (κ3) is 3.29. The lowest BCUT2D eigenvalue weighted by Gasteiger charge is -2.46. The Labute approximate surface area is 204 Å². The maximum Gasteiger partial charge on any atom is 0.295 e. The van der Waals surface area contributed by atoms with Crippen molar-refractivity contribution in [2.45, 2.75) is 57.6 Å². The molecule has 1 amide bonds. The second-order valence-corrected chi connectivity index (χ2v) is 10.0. The lowest BCUT2D eigenvalue weighted by Crippen LogP contribution is -2.48. The molecular formula is C27H30N2O6. The number of anilines is 1. The molecule has 8 nitrogen and oxygen atoms in total. The van der Waals surface area contributed by atoms with Gasteiger partial charge in [-0.2, -0.15) is 0 Å². The Hall–Kier alpha value is -3.29. The van der Waals surface area contributed by atoms with Crippen molar-refractivity contribution in [2.24, 2.45) is 17.8 Å². The van der Waals surface area contributed by atoms with Crippen LogP contribution in [0.4, 0.5) is 5.82 Å². The summed E-state index contributed by atoms with van der Waals surface area (Å²) in [5.74, 6) is 2.34. The molecule has 35 heavy (non-hydrogen) atoms. The number of ketones is 1. The van der Waals surface area contributed by atoms with Crippen LogP contribution in [-0.4, -0.2) is 37.2 Å². The molecule has 2 fully saturated rings. The zero-order valence-corrected chi connectivity index (χ0v) is 20.3. The molecule has 2 saturated carbocycles. The monoisotopic (exact) mass is 478 g/mol. The third-order valence-electron chi connectivity index (χ3n) is 8.27. The third-order valence-corrected chi connectivity index (χ3v) is 8.27. The van der Waals surface area contributed by atoms with Crippen LogP contribution in [0.3, 0.4) is 0 Å². The van der Waals surface area contributed by atoms with Crippen molar-refractivity contribution >= 4 is 17.5 Å². The molecule has 6 rings (SSSR count). The van der Waals surface area contributed by atoms with E-state index in [1.54, 1.807) is 33.3 Å². The van der Waals surface area contributed by atoms with Crippen LogP contribution in [0.15, 0.2) is 40.1 Å². The van der Waals surface area contributed by atoms with Crippen LogP contribution >= 0.6 is 0 Å². The first kappa shape index (κ1) is 22.2. The van der Waals surface area contributed by atoms with E-state index in [9.17, 15) is 9.59 Å². The first-order chi connectivity index (χ1) is 17.0. The first-order valence-electron chi connectivity index (χ1n) is 12.5. The summed E-state index contributed by atoms with van der Waals surface area (Å²) in [6.07, 6.45) is 6.20. The lowest BCUT2D eigenvalue weighted by atomic mass is 9.63. The Kier molecular flexibility index (Phi) is 5.34. The molecule has 4 aliphatic rings. The summed E-state index contributed by atoms with van der Waals surface area (Å²) in [5, 5.41) is 4.13. The highest BCUT2D eigenvalue weighted by Gasteiger charge is 2.56. The van der Waals surface area contributed by atoms with E-state index in [1.165, 1.54) is 17.7 Å². The molecule has 0 N–H and O–H groups in total. The van der Waals surface area contributed by atoms with Gasteiger partial charge in [0.25, 0.3) is 5.91 Å². The van der Waals surface area contributed by atoms with Crippen molar-refractivity contribution in [1.29, 1.82) is 0 Å². The van der Waals surface area contributed by atoms with Crippen molar-refractivity contribution in [1.82, 2.24) is 5.16 Å². The average Bonchev–Trinajstić information content (AvgIpc) is 3.44. The van der Waals surface area contributed by atoms with Gasteiger partial charge in [0.2, 0.25) is 0 Å². The number of nitrogens with zero attached hydrogens (tertiary/aromatic N) is 2. The van der Waals surface area contributed by atoms with Gasteiger partial charge in [0.05, 0.1) is 25.7 Å². The Morgan fingerprint density at radius 1 is 1.06 bits per heavy atom. The lowest BCUT2D eigenvalue weighted by molar-refractivity contribution is -0.139. The smallest absolute Gasteiger partial charge is 0.295 e. The maximum absolute atomic E-state index is 14.1. The van der Waals surface area contributed by atoms with Crippen molar-refractivity contribution in [2.75, 3.05) is 19.1 Å². The molecule has 1 aromatic heterocycles. The fraction of sp³-hybridized carbons (Fsp3) is 0.519. The number of methoxy groups -OCH3 is 2. The molecule has 2 aromatic rings. The van der Waals surface area contributed by atoms with Crippen LogP contribution in [0.5, 0.6) is 11.5 Å². The topological polar surface area (TPSA) is 91.1 Å². The SMILES string of the molecule is COc1cccc(C2C3=C(OC4C(CCC5CCCCC54)C3=O)C(=O)N2c2cc(C)on2)c1OC. The number of carbonyl (C=O) groups excluding carboxylic acids is 2. The highest BCUT2D eigenvalue weighted by molar-refractivity contribution is 6.18. The fourth-order valence-corrected chi connectivity index (χ4v) is 6.75. The number of rotatable bonds is 4. The molecule has 5 atom stereocenters. The highest BCUT2D eigenvalue weighted by Crippen LogP contribution is 2.54. The van der Waals surface area contributed by atoms with E-state index in [0.29, 0.717) is 46.0 Å². The highest BCUT2D eigenvalue weighted by atomic mass is 16.5. The summed E-state index contributed by atoms with van der Waals surface area (Å²) in [6, 6.07) is 6.43. The summed E-state index contributed by atoms with van der Waals surface area (Å²) < 4.78 is 23.1. The zero-order valence-electron chi connectivity index (χ0n) is 20.3. The zero-order chi connectivity index (χ0) is 24.3. The van der Waals surface area contributed by atoms with E-state index in [4.69, 9.17) is 18.7 Å². The molecule has 8 heteroatoms. The summed E-state index contributed by atoms with van der Waals surface area (Å²) in [5.41, 5.74) is 1.03. The van der Waals surface area contributed by atoms with Crippen LogP contribution in [0.25, 0.3) is 0 Å². The predicted octanol–water partition coefficient (Wildman–Crippen LogP) is 4.53. The van der Waals surface area contributed by atoms with E-state index in [2.05, 4.69) is 5.16 Å². The Morgan fingerprint density at radius 3 is 2.63 bits per heavy atom. The van der Waals surface area contributed by atoms with Crippen LogP contribution in [0.2, 0.25) is 0 Å². The number of aryl methyl sites for hydroxylation is 1. The van der Waals surface area contributed by atoms with Crippen molar-refractivity contribution < 1.29 is 28.3 Å². The minimum absolute atomic E-state index is 0.00575. The van der Waals surface area contributed by atoms with E-state index in [0.717, 1.165) is 25.7 Å². The number of benzene rings is 1. The van der Waals surface area contributed by atoms with E-state index in [-0.39, 0.29) is 29.5 Å². The van der Waals surface area contributed by atoms with Crippen LogP contribution in [-0.2, 0) is 14.3 Å².